The number of rotatable bonds is 7. The molecule has 32 heavy (non-hydrogen) atoms. The van der Waals surface area contributed by atoms with Crippen molar-refractivity contribution in [1.29, 1.82) is 0 Å². The molecule has 8 heteroatoms. The Bertz CT molecular complexity index is 944. The maximum atomic E-state index is 13.3. The maximum absolute atomic E-state index is 13.3. The van der Waals surface area contributed by atoms with Crippen LogP contribution in [0.4, 0.5) is 13.2 Å². The highest BCUT2D eigenvalue weighted by molar-refractivity contribution is 5.95. The monoisotopic (exact) mass is 448 g/mol. The van der Waals surface area contributed by atoms with E-state index in [-0.39, 0.29) is 24.9 Å². The fourth-order valence-electron chi connectivity index (χ4n) is 3.95. The predicted molar refractivity (Wildman–Crippen MR) is 114 cm³/mol. The van der Waals surface area contributed by atoms with Gasteiger partial charge in [0.1, 0.15) is 5.75 Å². The molecule has 2 atom stereocenters. The predicted octanol–water partition coefficient (Wildman–Crippen LogP) is 4.49. The zero-order valence-electron chi connectivity index (χ0n) is 18.1. The molecule has 2 aromatic rings. The molecule has 5 nitrogen and oxygen atoms in total. The molecule has 1 fully saturated rings. The van der Waals surface area contributed by atoms with E-state index in [4.69, 9.17) is 4.74 Å². The van der Waals surface area contributed by atoms with Crippen LogP contribution in [0.3, 0.4) is 0 Å². The summed E-state index contributed by atoms with van der Waals surface area (Å²) in [5.41, 5.74) is 0.0706. The van der Waals surface area contributed by atoms with E-state index < -0.39 is 23.6 Å². The van der Waals surface area contributed by atoms with Crippen LogP contribution in [0.1, 0.15) is 47.2 Å². The summed E-state index contributed by atoms with van der Waals surface area (Å²) in [6, 6.07) is 11.6. The van der Waals surface area contributed by atoms with Crippen LogP contribution < -0.4 is 10.1 Å². The van der Waals surface area contributed by atoms with E-state index in [1.54, 1.807) is 30.3 Å². The molecule has 0 unspecified atom stereocenters. The number of halogens is 3. The average Bonchev–Trinajstić information content (AvgIpc) is 3.24. The molecule has 0 saturated carbocycles. The molecular weight excluding hydrogens is 421 g/mol. The quantitative estimate of drug-likeness (QED) is 0.635. The van der Waals surface area contributed by atoms with Gasteiger partial charge in [-0.05, 0) is 42.3 Å². The number of methoxy groups -OCH3 is 1. The molecule has 0 aliphatic carbocycles. The number of hydrogen-bond acceptors (Lipinski definition) is 3. The van der Waals surface area contributed by atoms with Crippen molar-refractivity contribution in [2.75, 3.05) is 26.7 Å². The first-order valence-electron chi connectivity index (χ1n) is 10.6. The molecule has 1 aliphatic heterocycles. The second kappa shape index (κ2) is 10.1. The lowest BCUT2D eigenvalue weighted by atomic mass is 9.87. The number of amides is 2. The van der Waals surface area contributed by atoms with Gasteiger partial charge in [0.05, 0.1) is 18.6 Å². The zero-order chi connectivity index (χ0) is 23.3. The number of alkyl halides is 3. The van der Waals surface area contributed by atoms with E-state index in [1.807, 2.05) is 6.92 Å². The van der Waals surface area contributed by atoms with Gasteiger partial charge in [-0.2, -0.15) is 13.2 Å². The van der Waals surface area contributed by atoms with Gasteiger partial charge in [0.15, 0.2) is 0 Å². The Labute approximate surface area is 185 Å². The number of hydrogen-bond donors (Lipinski definition) is 1. The second-order valence-electron chi connectivity index (χ2n) is 7.92. The van der Waals surface area contributed by atoms with Crippen molar-refractivity contribution < 1.29 is 27.5 Å². The lowest BCUT2D eigenvalue weighted by Crippen LogP contribution is -2.36. The topological polar surface area (TPSA) is 58.6 Å². The summed E-state index contributed by atoms with van der Waals surface area (Å²) >= 11 is 0. The molecule has 3 rings (SSSR count). The second-order valence-corrected chi connectivity index (χ2v) is 7.92. The number of carbonyl (C=O) groups is 2. The van der Waals surface area contributed by atoms with Crippen LogP contribution in [0.2, 0.25) is 0 Å². The fraction of sp³-hybridized carbons (Fsp3) is 0.417. The van der Waals surface area contributed by atoms with E-state index in [9.17, 15) is 22.8 Å². The zero-order valence-corrected chi connectivity index (χ0v) is 18.1. The first-order valence-corrected chi connectivity index (χ1v) is 10.6. The van der Waals surface area contributed by atoms with E-state index >= 15 is 0 Å². The minimum atomic E-state index is -4.48. The Kier molecular flexibility index (Phi) is 7.43. The highest BCUT2D eigenvalue weighted by Crippen LogP contribution is 2.37. The smallest absolute Gasteiger partial charge is 0.416 e. The molecule has 1 saturated heterocycles. The Morgan fingerprint density at radius 1 is 1.12 bits per heavy atom. The van der Waals surface area contributed by atoms with Crippen LogP contribution in [0, 0.1) is 5.92 Å². The first-order chi connectivity index (χ1) is 15.2. The van der Waals surface area contributed by atoms with E-state index in [1.165, 1.54) is 18.1 Å². The summed E-state index contributed by atoms with van der Waals surface area (Å²) in [6.45, 7) is 2.80. The van der Waals surface area contributed by atoms with Gasteiger partial charge >= 0.3 is 6.18 Å². The lowest BCUT2D eigenvalue weighted by Gasteiger charge is -2.19. The van der Waals surface area contributed by atoms with Gasteiger partial charge in [-0.25, -0.2) is 0 Å². The van der Waals surface area contributed by atoms with Crippen molar-refractivity contribution >= 4 is 11.8 Å². The van der Waals surface area contributed by atoms with Gasteiger partial charge in [0, 0.05) is 31.1 Å². The number of ether oxygens (including phenoxy) is 1. The van der Waals surface area contributed by atoms with Gasteiger partial charge in [0.25, 0.3) is 5.91 Å². The maximum Gasteiger partial charge on any atom is 0.416 e. The molecular formula is C24H27F3N2O3. The summed E-state index contributed by atoms with van der Waals surface area (Å²) in [5, 5.41) is 2.87. The SMILES string of the molecule is CCCCNC(=O)[C@@H]1CN(C(=O)c2ccc(OC)cc2)C[C@@H]1c1cccc(C(F)(F)F)c1. The molecule has 1 heterocycles. The molecule has 2 aromatic carbocycles. The van der Waals surface area contributed by atoms with Crippen LogP contribution in [0.15, 0.2) is 48.5 Å². The minimum absolute atomic E-state index is 0.143. The number of benzene rings is 2. The molecule has 172 valence electrons. The number of nitrogens with zero attached hydrogens (tertiary/aromatic N) is 1. The number of likely N-dealkylation sites (tertiary alicyclic amines) is 1. The molecule has 0 radical (unpaired) electrons. The van der Waals surface area contributed by atoms with E-state index in [0.717, 1.165) is 25.0 Å². The van der Waals surface area contributed by atoms with Gasteiger partial charge in [-0.3, -0.25) is 9.59 Å². The van der Waals surface area contributed by atoms with E-state index in [2.05, 4.69) is 5.32 Å². The van der Waals surface area contributed by atoms with Crippen LogP contribution in [0.5, 0.6) is 5.75 Å². The summed E-state index contributed by atoms with van der Waals surface area (Å²) in [7, 11) is 1.53. The Morgan fingerprint density at radius 3 is 2.47 bits per heavy atom. The summed E-state index contributed by atoms with van der Waals surface area (Å²) in [5.74, 6) is -1.06. The van der Waals surface area contributed by atoms with Crippen molar-refractivity contribution in [3.05, 3.63) is 65.2 Å². The van der Waals surface area contributed by atoms with Crippen molar-refractivity contribution in [2.45, 2.75) is 31.9 Å². The summed E-state index contributed by atoms with van der Waals surface area (Å²) in [4.78, 5) is 27.5. The number of nitrogens with one attached hydrogen (secondary N) is 1. The van der Waals surface area contributed by atoms with Gasteiger partial charge in [-0.15, -0.1) is 0 Å². The molecule has 0 spiro atoms. The third-order valence-corrected chi connectivity index (χ3v) is 5.75. The van der Waals surface area contributed by atoms with Crippen molar-refractivity contribution in [1.82, 2.24) is 10.2 Å². The Hall–Kier alpha value is -3.03. The van der Waals surface area contributed by atoms with Crippen molar-refractivity contribution in [3.8, 4) is 5.75 Å². The van der Waals surface area contributed by atoms with Gasteiger partial charge in [0.2, 0.25) is 5.91 Å². The van der Waals surface area contributed by atoms with Crippen LogP contribution >= 0.6 is 0 Å². The summed E-state index contributed by atoms with van der Waals surface area (Å²) in [6.07, 6.45) is -2.77. The average molecular weight is 448 g/mol. The van der Waals surface area contributed by atoms with E-state index in [0.29, 0.717) is 23.4 Å². The number of unbranched alkanes of at least 4 members (excludes halogenated alkanes) is 1. The molecule has 2 amide bonds. The summed E-state index contributed by atoms with van der Waals surface area (Å²) < 4.78 is 44.9. The number of carbonyl (C=O) groups excluding carboxylic acids is 2. The van der Waals surface area contributed by atoms with Crippen LogP contribution in [-0.2, 0) is 11.0 Å². The largest absolute Gasteiger partial charge is 0.497 e. The van der Waals surface area contributed by atoms with Crippen LogP contribution in [-0.4, -0.2) is 43.5 Å². The Balaban J connectivity index is 1.87. The highest BCUT2D eigenvalue weighted by Gasteiger charge is 2.41. The lowest BCUT2D eigenvalue weighted by molar-refractivity contribution is -0.137. The van der Waals surface area contributed by atoms with Crippen LogP contribution in [0.25, 0.3) is 0 Å². The molecule has 0 bridgehead atoms. The molecule has 0 aromatic heterocycles. The third-order valence-electron chi connectivity index (χ3n) is 5.75. The standard InChI is InChI=1S/C24H27F3N2O3/c1-3-4-12-28-22(30)21-15-29(23(31)16-8-10-19(32-2)11-9-16)14-20(21)17-6-5-7-18(13-17)24(25,26)27/h5-11,13,20-21H,3-4,12,14-15H2,1-2H3,(H,28,30)/t20-,21-/m1/s1. The first kappa shape index (κ1) is 23.6. The molecule has 1 aliphatic rings. The van der Waals surface area contributed by atoms with Crippen molar-refractivity contribution in [3.63, 3.8) is 0 Å². The van der Waals surface area contributed by atoms with Crippen molar-refractivity contribution in [2.24, 2.45) is 5.92 Å². The highest BCUT2D eigenvalue weighted by atomic mass is 19.4. The normalized spacial score (nSPS) is 18.5. The third kappa shape index (κ3) is 5.41. The fourth-order valence-corrected chi connectivity index (χ4v) is 3.95. The minimum Gasteiger partial charge on any atom is -0.497 e. The van der Waals surface area contributed by atoms with Gasteiger partial charge in [-0.1, -0.05) is 31.5 Å². The molecule has 1 N–H and O–H groups in total. The Morgan fingerprint density at radius 2 is 1.84 bits per heavy atom. The van der Waals surface area contributed by atoms with Gasteiger partial charge < -0.3 is 15.0 Å².